The molecule has 4 rings (SSSR count). The molecule has 0 bridgehead atoms. The molecule has 0 saturated carbocycles. The van der Waals surface area contributed by atoms with Gasteiger partial charge in [-0.3, -0.25) is 9.97 Å². The third-order valence-electron chi connectivity index (χ3n) is 4.17. The van der Waals surface area contributed by atoms with Crippen LogP contribution in [0.1, 0.15) is 0 Å². The minimum absolute atomic E-state index is 0.892. The Bertz CT molecular complexity index is 785. The highest BCUT2D eigenvalue weighted by Gasteiger charge is 2.19. The Balaban J connectivity index is 1.48. The molecule has 0 amide bonds. The maximum atomic E-state index is 4.78. The summed E-state index contributed by atoms with van der Waals surface area (Å²) in [6.07, 6.45) is 8.89. The summed E-state index contributed by atoms with van der Waals surface area (Å²) in [5, 5.41) is 0. The lowest BCUT2D eigenvalue weighted by atomic mass is 10.2. The molecule has 0 unspecified atom stereocenters. The molecule has 1 saturated heterocycles. The molecule has 1 aliphatic rings. The molecule has 24 heavy (non-hydrogen) atoms. The fraction of sp³-hybridized carbons (Fsp3) is 0.222. The lowest BCUT2D eigenvalue weighted by molar-refractivity contribution is 0.640. The molecule has 1 aliphatic heterocycles. The standard InChI is InChI=1S/C18H18N6/c1-2-4-15(5-3-1)16-12-20-14-18(22-16)24-10-8-23(9-11-24)17-13-19-6-7-21-17/h1-7,12-14H,8-11H2. The Morgan fingerprint density at radius 1 is 0.708 bits per heavy atom. The molecule has 0 N–H and O–H groups in total. The predicted molar refractivity (Wildman–Crippen MR) is 93.9 cm³/mol. The molecule has 0 atom stereocenters. The number of hydrogen-bond acceptors (Lipinski definition) is 6. The Kier molecular flexibility index (Phi) is 4.02. The molecular formula is C18H18N6. The number of hydrogen-bond donors (Lipinski definition) is 0. The first-order valence-corrected chi connectivity index (χ1v) is 8.03. The smallest absolute Gasteiger partial charge is 0.147 e. The quantitative estimate of drug-likeness (QED) is 0.738. The molecule has 0 aliphatic carbocycles. The van der Waals surface area contributed by atoms with Crippen molar-refractivity contribution in [1.82, 2.24) is 19.9 Å². The van der Waals surface area contributed by atoms with Crippen LogP contribution < -0.4 is 9.80 Å². The van der Waals surface area contributed by atoms with Gasteiger partial charge < -0.3 is 9.80 Å². The maximum Gasteiger partial charge on any atom is 0.147 e. The summed E-state index contributed by atoms with van der Waals surface area (Å²) in [5.41, 5.74) is 1.99. The number of anilines is 2. The van der Waals surface area contributed by atoms with Crippen LogP contribution in [0.3, 0.4) is 0 Å². The van der Waals surface area contributed by atoms with Crippen LogP contribution in [0.25, 0.3) is 11.3 Å². The Hall–Kier alpha value is -3.02. The van der Waals surface area contributed by atoms with Crippen LogP contribution in [0.15, 0.2) is 61.3 Å². The van der Waals surface area contributed by atoms with E-state index in [1.54, 1.807) is 12.4 Å². The fourth-order valence-electron chi connectivity index (χ4n) is 2.88. The van der Waals surface area contributed by atoms with Crippen molar-refractivity contribution in [2.24, 2.45) is 0 Å². The lowest BCUT2D eigenvalue weighted by Gasteiger charge is -2.35. The SMILES string of the molecule is c1ccc(-c2cncc(N3CCN(c4cnccn4)CC3)n2)cc1. The van der Waals surface area contributed by atoms with E-state index in [9.17, 15) is 0 Å². The van der Waals surface area contributed by atoms with Crippen LogP contribution in [0.5, 0.6) is 0 Å². The second-order valence-electron chi connectivity index (χ2n) is 5.67. The van der Waals surface area contributed by atoms with E-state index in [1.165, 1.54) is 0 Å². The van der Waals surface area contributed by atoms with Crippen molar-refractivity contribution in [2.75, 3.05) is 36.0 Å². The van der Waals surface area contributed by atoms with Crippen molar-refractivity contribution in [3.05, 3.63) is 61.3 Å². The summed E-state index contributed by atoms with van der Waals surface area (Å²) >= 11 is 0. The zero-order chi connectivity index (χ0) is 16.2. The van der Waals surface area contributed by atoms with Gasteiger partial charge in [0.1, 0.15) is 11.6 Å². The Labute approximate surface area is 140 Å². The lowest BCUT2D eigenvalue weighted by Crippen LogP contribution is -2.47. The van der Waals surface area contributed by atoms with E-state index in [0.29, 0.717) is 0 Å². The van der Waals surface area contributed by atoms with Gasteiger partial charge in [0.05, 0.1) is 24.3 Å². The van der Waals surface area contributed by atoms with Crippen LogP contribution >= 0.6 is 0 Å². The van der Waals surface area contributed by atoms with Gasteiger partial charge in [-0.2, -0.15) is 0 Å². The van der Waals surface area contributed by atoms with Crippen LogP contribution in [-0.2, 0) is 0 Å². The van der Waals surface area contributed by atoms with E-state index in [0.717, 1.165) is 49.1 Å². The van der Waals surface area contributed by atoms with Gasteiger partial charge in [-0.25, -0.2) is 9.97 Å². The molecule has 6 heteroatoms. The maximum absolute atomic E-state index is 4.78. The van der Waals surface area contributed by atoms with Crippen molar-refractivity contribution in [3.8, 4) is 11.3 Å². The highest BCUT2D eigenvalue weighted by molar-refractivity contribution is 5.60. The third-order valence-corrected chi connectivity index (χ3v) is 4.17. The second kappa shape index (κ2) is 6.62. The first kappa shape index (κ1) is 14.6. The summed E-state index contributed by atoms with van der Waals surface area (Å²) < 4.78 is 0. The van der Waals surface area contributed by atoms with Crippen LogP contribution in [-0.4, -0.2) is 46.1 Å². The molecule has 0 radical (unpaired) electrons. The topological polar surface area (TPSA) is 58.0 Å². The fourth-order valence-corrected chi connectivity index (χ4v) is 2.88. The highest BCUT2D eigenvalue weighted by Crippen LogP contribution is 2.20. The van der Waals surface area contributed by atoms with Gasteiger partial charge >= 0.3 is 0 Å². The van der Waals surface area contributed by atoms with E-state index in [4.69, 9.17) is 4.98 Å². The third kappa shape index (κ3) is 3.03. The minimum Gasteiger partial charge on any atom is -0.352 e. The van der Waals surface area contributed by atoms with Crippen molar-refractivity contribution in [1.29, 1.82) is 0 Å². The summed E-state index contributed by atoms with van der Waals surface area (Å²) in [7, 11) is 0. The molecule has 6 nitrogen and oxygen atoms in total. The number of aromatic nitrogens is 4. The number of nitrogens with zero attached hydrogens (tertiary/aromatic N) is 6. The largest absolute Gasteiger partial charge is 0.352 e. The number of rotatable bonds is 3. The van der Waals surface area contributed by atoms with Gasteiger partial charge in [-0.05, 0) is 0 Å². The van der Waals surface area contributed by atoms with E-state index in [1.807, 2.05) is 36.8 Å². The van der Waals surface area contributed by atoms with Crippen molar-refractivity contribution in [3.63, 3.8) is 0 Å². The summed E-state index contributed by atoms with van der Waals surface area (Å²) in [5.74, 6) is 1.86. The van der Waals surface area contributed by atoms with E-state index in [2.05, 4.69) is 36.9 Å². The monoisotopic (exact) mass is 318 g/mol. The first-order valence-electron chi connectivity index (χ1n) is 8.03. The van der Waals surface area contributed by atoms with E-state index >= 15 is 0 Å². The average Bonchev–Trinajstić information content (AvgIpc) is 2.70. The molecule has 0 spiro atoms. The molecular weight excluding hydrogens is 300 g/mol. The van der Waals surface area contributed by atoms with E-state index < -0.39 is 0 Å². The predicted octanol–water partition coefficient (Wildman–Crippen LogP) is 2.26. The van der Waals surface area contributed by atoms with Crippen molar-refractivity contribution < 1.29 is 0 Å². The summed E-state index contributed by atoms with van der Waals surface area (Å²) in [6, 6.07) is 10.2. The number of benzene rings is 1. The molecule has 2 aromatic heterocycles. The second-order valence-corrected chi connectivity index (χ2v) is 5.67. The normalized spacial score (nSPS) is 14.7. The Morgan fingerprint density at radius 3 is 2.12 bits per heavy atom. The highest BCUT2D eigenvalue weighted by atomic mass is 15.3. The van der Waals surface area contributed by atoms with Crippen molar-refractivity contribution >= 4 is 11.6 Å². The van der Waals surface area contributed by atoms with Gasteiger partial charge in [0, 0.05) is 44.1 Å². The van der Waals surface area contributed by atoms with Crippen LogP contribution in [0.2, 0.25) is 0 Å². The van der Waals surface area contributed by atoms with Gasteiger partial charge in [-0.15, -0.1) is 0 Å². The molecule has 1 fully saturated rings. The van der Waals surface area contributed by atoms with Gasteiger partial charge in [0.25, 0.3) is 0 Å². The van der Waals surface area contributed by atoms with Gasteiger partial charge in [0.2, 0.25) is 0 Å². The van der Waals surface area contributed by atoms with Crippen LogP contribution in [0.4, 0.5) is 11.6 Å². The summed E-state index contributed by atoms with van der Waals surface area (Å²) in [6.45, 7) is 3.58. The zero-order valence-corrected chi connectivity index (χ0v) is 13.3. The number of piperazine rings is 1. The molecule has 3 aromatic rings. The molecule has 120 valence electrons. The average molecular weight is 318 g/mol. The van der Waals surface area contributed by atoms with Crippen LogP contribution in [0, 0.1) is 0 Å². The summed E-state index contributed by atoms with van der Waals surface area (Å²) in [4.78, 5) is 22.2. The van der Waals surface area contributed by atoms with Crippen molar-refractivity contribution in [2.45, 2.75) is 0 Å². The van der Waals surface area contributed by atoms with Gasteiger partial charge in [-0.1, -0.05) is 30.3 Å². The molecule has 1 aromatic carbocycles. The van der Waals surface area contributed by atoms with E-state index in [-0.39, 0.29) is 0 Å². The minimum atomic E-state index is 0.892. The van der Waals surface area contributed by atoms with Gasteiger partial charge in [0.15, 0.2) is 0 Å². The zero-order valence-electron chi connectivity index (χ0n) is 13.3. The first-order chi connectivity index (χ1) is 11.9. The molecule has 3 heterocycles. The Morgan fingerprint density at radius 2 is 1.42 bits per heavy atom.